The van der Waals surface area contributed by atoms with Crippen molar-refractivity contribution in [2.45, 2.75) is 32.9 Å². The molecule has 3 N–H and O–H groups in total. The molecular weight excluding hydrogens is 244 g/mol. The molecule has 0 aromatic heterocycles. The van der Waals surface area contributed by atoms with E-state index >= 15 is 0 Å². The summed E-state index contributed by atoms with van der Waals surface area (Å²) in [6, 6.07) is 4.99. The largest absolute Gasteiger partial charge is 0.508 e. The van der Waals surface area contributed by atoms with Gasteiger partial charge in [-0.2, -0.15) is 0 Å². The number of carbonyl (C=O) groups excluding carboxylic acids is 2. The Kier molecular flexibility index (Phi) is 3.22. The number of phenolic OH excluding ortho intramolecular Hbond substituents is 1. The van der Waals surface area contributed by atoms with Crippen molar-refractivity contribution in [2.75, 3.05) is 0 Å². The minimum atomic E-state index is -0.702. The predicted molar refractivity (Wildman–Crippen MR) is 70.4 cm³/mol. The lowest BCUT2D eigenvalue weighted by Gasteiger charge is -2.36. The van der Waals surface area contributed by atoms with Crippen molar-refractivity contribution in [3.63, 3.8) is 0 Å². The molecule has 2 amide bonds. The van der Waals surface area contributed by atoms with E-state index in [9.17, 15) is 14.7 Å². The fraction of sp³-hybridized carbons (Fsp3) is 0.429. The van der Waals surface area contributed by atoms with E-state index in [4.69, 9.17) is 0 Å². The number of piperazine rings is 1. The lowest BCUT2D eigenvalue weighted by Crippen LogP contribution is -2.61. The summed E-state index contributed by atoms with van der Waals surface area (Å²) < 4.78 is 0. The van der Waals surface area contributed by atoms with Crippen molar-refractivity contribution in [3.05, 3.63) is 29.8 Å². The minimum Gasteiger partial charge on any atom is -0.508 e. The molecule has 5 nitrogen and oxygen atoms in total. The van der Waals surface area contributed by atoms with E-state index in [0.717, 1.165) is 0 Å². The number of hydrogen-bond acceptors (Lipinski definition) is 3. The quantitative estimate of drug-likeness (QED) is 0.709. The molecule has 0 radical (unpaired) electrons. The third kappa shape index (κ3) is 2.70. The molecule has 0 bridgehead atoms. The minimum absolute atomic E-state index is 0.124. The summed E-state index contributed by atoms with van der Waals surface area (Å²) in [6.45, 7) is 5.70. The molecule has 2 rings (SSSR count). The smallest absolute Gasteiger partial charge is 0.247 e. The molecule has 19 heavy (non-hydrogen) atoms. The molecule has 2 atom stereocenters. The maximum absolute atomic E-state index is 12.1. The molecule has 0 saturated carbocycles. The summed E-state index contributed by atoms with van der Waals surface area (Å²) >= 11 is 0. The topological polar surface area (TPSA) is 78.4 Å². The van der Waals surface area contributed by atoms with Gasteiger partial charge in [0, 0.05) is 0 Å². The van der Waals surface area contributed by atoms with Crippen molar-refractivity contribution < 1.29 is 14.7 Å². The third-order valence-corrected chi connectivity index (χ3v) is 3.19. The average Bonchev–Trinajstić information content (AvgIpc) is 2.31. The molecule has 1 unspecified atom stereocenters. The Morgan fingerprint density at radius 3 is 2.11 bits per heavy atom. The van der Waals surface area contributed by atoms with Gasteiger partial charge in [-0.25, -0.2) is 0 Å². The second-order valence-electron chi connectivity index (χ2n) is 5.84. The van der Waals surface area contributed by atoms with Crippen LogP contribution in [0.15, 0.2) is 24.3 Å². The van der Waals surface area contributed by atoms with Crippen molar-refractivity contribution in [2.24, 2.45) is 5.41 Å². The highest BCUT2D eigenvalue weighted by Gasteiger charge is 2.40. The highest BCUT2D eigenvalue weighted by atomic mass is 16.3. The summed E-state index contributed by atoms with van der Waals surface area (Å²) in [5.41, 5.74) is 0.315. The van der Waals surface area contributed by atoms with Crippen LogP contribution >= 0.6 is 0 Å². The lowest BCUT2D eigenvalue weighted by molar-refractivity contribution is -0.139. The molecule has 5 heteroatoms. The van der Waals surface area contributed by atoms with Gasteiger partial charge in [-0.3, -0.25) is 9.59 Å². The molecular formula is C14H18N2O3. The first-order valence-electron chi connectivity index (χ1n) is 6.19. The summed E-state index contributed by atoms with van der Waals surface area (Å²) in [5, 5.41) is 14.7. The first-order chi connectivity index (χ1) is 8.79. The number of rotatable bonds is 1. The van der Waals surface area contributed by atoms with Crippen LogP contribution in [0.3, 0.4) is 0 Å². The molecule has 1 saturated heterocycles. The number of phenols is 1. The van der Waals surface area contributed by atoms with E-state index in [-0.39, 0.29) is 23.0 Å². The predicted octanol–water partition coefficient (Wildman–Crippen LogP) is 1.09. The Bertz CT molecular complexity index is 502. The maximum Gasteiger partial charge on any atom is 0.247 e. The van der Waals surface area contributed by atoms with Crippen LogP contribution < -0.4 is 10.6 Å². The molecule has 1 aliphatic heterocycles. The second kappa shape index (κ2) is 4.57. The van der Waals surface area contributed by atoms with Crippen molar-refractivity contribution in [3.8, 4) is 5.75 Å². The highest BCUT2D eigenvalue weighted by Crippen LogP contribution is 2.25. The Morgan fingerprint density at radius 1 is 1.00 bits per heavy atom. The fourth-order valence-corrected chi connectivity index (χ4v) is 2.09. The van der Waals surface area contributed by atoms with E-state index in [1.165, 1.54) is 12.1 Å². The van der Waals surface area contributed by atoms with Gasteiger partial charge < -0.3 is 15.7 Å². The van der Waals surface area contributed by atoms with E-state index in [1.54, 1.807) is 12.1 Å². The molecule has 1 aromatic rings. The summed E-state index contributed by atoms with van der Waals surface area (Å²) in [6.07, 6.45) is 0. The number of amides is 2. The Balaban J connectivity index is 2.21. The average molecular weight is 262 g/mol. The van der Waals surface area contributed by atoms with E-state index < -0.39 is 12.1 Å². The standard InChI is InChI=1S/C14H18N2O3/c1-14(2,3)11-13(19)15-10(12(18)16-11)8-4-6-9(17)7-5-8/h4-7,10-11,17H,1-3H3,(H,15,19)(H,16,18)/t10?,11-/m1/s1. The van der Waals surface area contributed by atoms with Crippen LogP contribution in [0.5, 0.6) is 5.75 Å². The zero-order chi connectivity index (χ0) is 14.2. The number of benzene rings is 1. The third-order valence-electron chi connectivity index (χ3n) is 3.19. The highest BCUT2D eigenvalue weighted by molar-refractivity contribution is 5.97. The van der Waals surface area contributed by atoms with Crippen LogP contribution in [-0.4, -0.2) is 23.0 Å². The summed E-state index contributed by atoms with van der Waals surface area (Å²) in [5.74, 6) is -0.297. The molecule has 1 fully saturated rings. The molecule has 0 spiro atoms. The van der Waals surface area contributed by atoms with Crippen molar-refractivity contribution >= 4 is 11.8 Å². The number of hydrogen-bond donors (Lipinski definition) is 3. The van der Waals surface area contributed by atoms with Gasteiger partial charge >= 0.3 is 0 Å². The first kappa shape index (κ1) is 13.4. The monoisotopic (exact) mass is 262 g/mol. The lowest BCUT2D eigenvalue weighted by atomic mass is 9.84. The van der Waals surface area contributed by atoms with Gasteiger partial charge in [0.25, 0.3) is 0 Å². The van der Waals surface area contributed by atoms with Gasteiger partial charge in [0.2, 0.25) is 11.8 Å². The van der Waals surface area contributed by atoms with Crippen LogP contribution in [0.25, 0.3) is 0 Å². The summed E-state index contributed by atoms with van der Waals surface area (Å²) in [7, 11) is 0. The van der Waals surface area contributed by atoms with Gasteiger partial charge in [-0.05, 0) is 23.1 Å². The zero-order valence-corrected chi connectivity index (χ0v) is 11.2. The van der Waals surface area contributed by atoms with Gasteiger partial charge in [0.1, 0.15) is 17.8 Å². The molecule has 102 valence electrons. The normalized spacial score (nSPS) is 23.7. The van der Waals surface area contributed by atoms with Crippen LogP contribution in [0, 0.1) is 5.41 Å². The number of aromatic hydroxyl groups is 1. The molecule has 1 heterocycles. The van der Waals surface area contributed by atoms with E-state index in [2.05, 4.69) is 10.6 Å². The van der Waals surface area contributed by atoms with E-state index in [1.807, 2.05) is 20.8 Å². The Labute approximate surface area is 112 Å². The SMILES string of the molecule is CC(C)(C)[C@@H]1NC(=O)C(c2ccc(O)cc2)NC1=O. The first-order valence-corrected chi connectivity index (χ1v) is 6.19. The summed E-state index contributed by atoms with van der Waals surface area (Å²) in [4.78, 5) is 24.2. The van der Waals surface area contributed by atoms with Gasteiger partial charge in [0.15, 0.2) is 0 Å². The van der Waals surface area contributed by atoms with Crippen molar-refractivity contribution in [1.82, 2.24) is 10.6 Å². The number of nitrogens with one attached hydrogen (secondary N) is 2. The van der Waals surface area contributed by atoms with Crippen LogP contribution in [0.1, 0.15) is 32.4 Å². The van der Waals surface area contributed by atoms with Crippen LogP contribution in [0.2, 0.25) is 0 Å². The zero-order valence-electron chi connectivity index (χ0n) is 11.2. The molecule has 0 aliphatic carbocycles. The Morgan fingerprint density at radius 2 is 1.58 bits per heavy atom. The van der Waals surface area contributed by atoms with Crippen LogP contribution in [0.4, 0.5) is 0 Å². The van der Waals surface area contributed by atoms with Crippen LogP contribution in [-0.2, 0) is 9.59 Å². The van der Waals surface area contributed by atoms with Gasteiger partial charge in [-0.1, -0.05) is 32.9 Å². The number of carbonyl (C=O) groups is 2. The fourth-order valence-electron chi connectivity index (χ4n) is 2.09. The van der Waals surface area contributed by atoms with Gasteiger partial charge in [0.05, 0.1) is 0 Å². The molecule has 1 aliphatic rings. The van der Waals surface area contributed by atoms with E-state index in [0.29, 0.717) is 5.56 Å². The Hall–Kier alpha value is -2.04. The second-order valence-corrected chi connectivity index (χ2v) is 5.84. The van der Waals surface area contributed by atoms with Crippen molar-refractivity contribution in [1.29, 1.82) is 0 Å². The molecule has 1 aromatic carbocycles. The van der Waals surface area contributed by atoms with Gasteiger partial charge in [-0.15, -0.1) is 0 Å². The maximum atomic E-state index is 12.1.